The molecule has 4 rings (SSSR count). The van der Waals surface area contributed by atoms with E-state index in [1.54, 1.807) is 16.2 Å². The number of hydrogen-bond donors (Lipinski definition) is 0. The summed E-state index contributed by atoms with van der Waals surface area (Å²) in [5, 5.41) is 5.51. The minimum Gasteiger partial charge on any atom is -0.335 e. The molecule has 0 aliphatic carbocycles. The topological polar surface area (TPSA) is 51.0 Å². The quantitative estimate of drug-likeness (QED) is 0.531. The molecule has 6 heteroatoms. The number of nitrogens with zero attached hydrogens (tertiary/aromatic N) is 4. The van der Waals surface area contributed by atoms with E-state index in [4.69, 9.17) is 0 Å². The largest absolute Gasteiger partial charge is 0.335 e. The van der Waals surface area contributed by atoms with Crippen LogP contribution in [-0.2, 0) is 6.54 Å². The lowest BCUT2D eigenvalue weighted by atomic mass is 10.1. The number of aromatic nitrogens is 3. The van der Waals surface area contributed by atoms with Gasteiger partial charge in [0.05, 0.1) is 39.4 Å². The number of fused-ring (bicyclic) bond motifs is 1. The van der Waals surface area contributed by atoms with Crippen LogP contribution >= 0.6 is 11.3 Å². The number of carbonyl (C=O) groups is 1. The van der Waals surface area contributed by atoms with Gasteiger partial charge in [0.15, 0.2) is 0 Å². The molecule has 5 nitrogen and oxygen atoms in total. The first-order valence-corrected chi connectivity index (χ1v) is 9.58. The lowest BCUT2D eigenvalue weighted by molar-refractivity contribution is 0.0783. The fraction of sp³-hybridized carbons (Fsp3) is 0.190. The number of thiazole rings is 1. The molecular weight excluding hydrogens is 356 g/mol. The molecular formula is C21H20N4OS. The van der Waals surface area contributed by atoms with E-state index >= 15 is 0 Å². The molecule has 0 fully saturated rings. The Hall–Kier alpha value is -2.99. The first kappa shape index (κ1) is 17.4. The van der Waals surface area contributed by atoms with Gasteiger partial charge >= 0.3 is 0 Å². The molecule has 0 spiro atoms. The summed E-state index contributed by atoms with van der Waals surface area (Å²) in [4.78, 5) is 19.4. The molecule has 0 unspecified atom stereocenters. The van der Waals surface area contributed by atoms with E-state index in [0.717, 1.165) is 32.3 Å². The molecule has 136 valence electrons. The standard InChI is InChI=1S/C21H20N4OS/c1-14-20(15(2)25(23-14)16-9-5-4-6-10-16)21(26)24(3)13-19-22-17-11-7-8-12-18(17)27-19/h4-12H,13H2,1-3H3. The highest BCUT2D eigenvalue weighted by Gasteiger charge is 2.23. The number of aryl methyl sites for hydroxylation is 1. The third-order valence-electron chi connectivity index (χ3n) is 4.56. The molecule has 27 heavy (non-hydrogen) atoms. The number of benzene rings is 2. The highest BCUT2D eigenvalue weighted by atomic mass is 32.1. The van der Waals surface area contributed by atoms with Crippen LogP contribution in [0.4, 0.5) is 0 Å². The zero-order valence-corrected chi connectivity index (χ0v) is 16.3. The summed E-state index contributed by atoms with van der Waals surface area (Å²) >= 11 is 1.62. The van der Waals surface area contributed by atoms with Gasteiger partial charge in [0, 0.05) is 7.05 Å². The molecule has 2 heterocycles. The summed E-state index contributed by atoms with van der Waals surface area (Å²) in [6, 6.07) is 17.9. The highest BCUT2D eigenvalue weighted by molar-refractivity contribution is 7.18. The molecule has 0 aliphatic rings. The van der Waals surface area contributed by atoms with E-state index in [1.165, 1.54) is 0 Å². The summed E-state index contributed by atoms with van der Waals surface area (Å²) in [6.45, 7) is 4.30. The molecule has 0 atom stereocenters. The van der Waals surface area contributed by atoms with Crippen LogP contribution in [0.15, 0.2) is 54.6 Å². The van der Waals surface area contributed by atoms with Crippen molar-refractivity contribution in [1.29, 1.82) is 0 Å². The maximum absolute atomic E-state index is 13.1. The van der Waals surface area contributed by atoms with Crippen LogP contribution in [0.1, 0.15) is 26.8 Å². The molecule has 2 aromatic heterocycles. The van der Waals surface area contributed by atoms with Crippen LogP contribution in [0.2, 0.25) is 0 Å². The minimum absolute atomic E-state index is 0.0357. The summed E-state index contributed by atoms with van der Waals surface area (Å²) in [5.74, 6) is -0.0357. The predicted molar refractivity (Wildman–Crippen MR) is 108 cm³/mol. The van der Waals surface area contributed by atoms with Crippen molar-refractivity contribution in [2.24, 2.45) is 0 Å². The number of rotatable bonds is 4. The van der Waals surface area contributed by atoms with Crippen LogP contribution in [-0.4, -0.2) is 32.6 Å². The monoisotopic (exact) mass is 376 g/mol. The molecule has 0 saturated heterocycles. The lowest BCUT2D eigenvalue weighted by Gasteiger charge is -2.16. The second-order valence-corrected chi connectivity index (χ2v) is 7.64. The van der Waals surface area contributed by atoms with Gasteiger partial charge in [0.1, 0.15) is 5.01 Å². The van der Waals surface area contributed by atoms with Gasteiger partial charge in [-0.05, 0) is 38.1 Å². The lowest BCUT2D eigenvalue weighted by Crippen LogP contribution is -2.27. The number of carbonyl (C=O) groups excluding carboxylic acids is 1. The predicted octanol–water partition coefficient (Wildman–Crippen LogP) is 4.37. The molecule has 2 aromatic carbocycles. The SMILES string of the molecule is Cc1nn(-c2ccccc2)c(C)c1C(=O)N(C)Cc1nc2ccccc2s1. The van der Waals surface area contributed by atoms with E-state index in [-0.39, 0.29) is 5.91 Å². The molecule has 0 aliphatic heterocycles. The van der Waals surface area contributed by atoms with E-state index < -0.39 is 0 Å². The van der Waals surface area contributed by atoms with Crippen LogP contribution in [0.3, 0.4) is 0 Å². The van der Waals surface area contributed by atoms with E-state index in [9.17, 15) is 4.79 Å². The number of hydrogen-bond acceptors (Lipinski definition) is 4. The fourth-order valence-electron chi connectivity index (χ4n) is 3.23. The Morgan fingerprint density at radius 1 is 1.07 bits per heavy atom. The smallest absolute Gasteiger partial charge is 0.257 e. The maximum atomic E-state index is 13.1. The Labute approximate surface area is 161 Å². The molecule has 1 amide bonds. The Morgan fingerprint density at radius 2 is 1.78 bits per heavy atom. The minimum atomic E-state index is -0.0357. The van der Waals surface area contributed by atoms with Gasteiger partial charge in [-0.1, -0.05) is 30.3 Å². The number of amides is 1. The van der Waals surface area contributed by atoms with Crippen molar-refractivity contribution in [2.45, 2.75) is 20.4 Å². The van der Waals surface area contributed by atoms with Gasteiger partial charge in [0.25, 0.3) is 5.91 Å². The van der Waals surface area contributed by atoms with Gasteiger partial charge in [-0.3, -0.25) is 4.79 Å². The first-order valence-electron chi connectivity index (χ1n) is 8.76. The van der Waals surface area contributed by atoms with Crippen molar-refractivity contribution in [3.8, 4) is 5.69 Å². The van der Waals surface area contributed by atoms with E-state index in [2.05, 4.69) is 16.1 Å². The molecule has 0 bridgehead atoms. The van der Waals surface area contributed by atoms with E-state index in [1.807, 2.05) is 74.1 Å². The van der Waals surface area contributed by atoms with Crippen molar-refractivity contribution in [1.82, 2.24) is 19.7 Å². The summed E-state index contributed by atoms with van der Waals surface area (Å²) < 4.78 is 2.96. The molecule has 0 radical (unpaired) electrons. The van der Waals surface area contributed by atoms with Crippen molar-refractivity contribution in [2.75, 3.05) is 7.05 Å². The fourth-order valence-corrected chi connectivity index (χ4v) is 4.25. The second-order valence-electron chi connectivity index (χ2n) is 6.53. The summed E-state index contributed by atoms with van der Waals surface area (Å²) in [5.41, 5.74) is 4.16. The van der Waals surface area contributed by atoms with Crippen LogP contribution in [0, 0.1) is 13.8 Å². The van der Waals surface area contributed by atoms with Crippen LogP contribution < -0.4 is 0 Å². The summed E-state index contributed by atoms with van der Waals surface area (Å²) in [7, 11) is 1.81. The van der Waals surface area contributed by atoms with Crippen molar-refractivity contribution in [3.63, 3.8) is 0 Å². The summed E-state index contributed by atoms with van der Waals surface area (Å²) in [6.07, 6.45) is 0. The Morgan fingerprint density at radius 3 is 2.52 bits per heavy atom. The molecule has 4 aromatic rings. The van der Waals surface area contributed by atoms with Gasteiger partial charge in [-0.25, -0.2) is 9.67 Å². The van der Waals surface area contributed by atoms with Gasteiger partial charge in [-0.2, -0.15) is 5.10 Å². The Kier molecular flexibility index (Phi) is 4.49. The van der Waals surface area contributed by atoms with Gasteiger partial charge in [-0.15, -0.1) is 11.3 Å². The Balaban J connectivity index is 1.61. The number of para-hydroxylation sites is 2. The van der Waals surface area contributed by atoms with Crippen molar-refractivity contribution < 1.29 is 4.79 Å². The Bertz CT molecular complexity index is 1080. The van der Waals surface area contributed by atoms with Crippen molar-refractivity contribution in [3.05, 3.63) is 76.6 Å². The van der Waals surface area contributed by atoms with E-state index in [0.29, 0.717) is 12.1 Å². The second kappa shape index (κ2) is 6.96. The van der Waals surface area contributed by atoms with Crippen molar-refractivity contribution >= 4 is 27.5 Å². The average Bonchev–Trinajstić information content (AvgIpc) is 3.21. The van der Waals surface area contributed by atoms with Gasteiger partial charge in [0.2, 0.25) is 0 Å². The normalized spacial score (nSPS) is 11.1. The van der Waals surface area contributed by atoms with Crippen LogP contribution in [0.5, 0.6) is 0 Å². The van der Waals surface area contributed by atoms with Crippen LogP contribution in [0.25, 0.3) is 15.9 Å². The molecule has 0 N–H and O–H groups in total. The first-order chi connectivity index (χ1) is 13.0. The molecule has 0 saturated carbocycles. The third kappa shape index (κ3) is 3.24. The van der Waals surface area contributed by atoms with Gasteiger partial charge < -0.3 is 4.90 Å². The average molecular weight is 376 g/mol. The zero-order valence-electron chi connectivity index (χ0n) is 15.5. The maximum Gasteiger partial charge on any atom is 0.257 e. The third-order valence-corrected chi connectivity index (χ3v) is 5.58. The highest BCUT2D eigenvalue weighted by Crippen LogP contribution is 2.24. The zero-order chi connectivity index (χ0) is 19.0.